The number of hydrogen-bond acceptors (Lipinski definition) is 3. The van der Waals surface area contributed by atoms with Crippen LogP contribution in [0.5, 0.6) is 0 Å². The van der Waals surface area contributed by atoms with E-state index in [0.717, 1.165) is 25.1 Å². The number of carbonyl (C=O) groups excluding carboxylic acids is 1. The number of amides is 1. The van der Waals surface area contributed by atoms with Crippen molar-refractivity contribution < 1.29 is 4.79 Å². The van der Waals surface area contributed by atoms with Gasteiger partial charge in [-0.2, -0.15) is 0 Å². The van der Waals surface area contributed by atoms with Gasteiger partial charge in [-0.15, -0.1) is 0 Å². The van der Waals surface area contributed by atoms with Crippen molar-refractivity contribution in [1.82, 2.24) is 5.32 Å². The molecule has 0 spiro atoms. The summed E-state index contributed by atoms with van der Waals surface area (Å²) >= 11 is 0. The third-order valence-corrected chi connectivity index (χ3v) is 5.18. The van der Waals surface area contributed by atoms with Crippen LogP contribution in [-0.2, 0) is 6.42 Å². The summed E-state index contributed by atoms with van der Waals surface area (Å²) in [7, 11) is 2.03. The molecule has 2 aliphatic rings. The van der Waals surface area contributed by atoms with Gasteiger partial charge in [0.15, 0.2) is 0 Å². The molecule has 1 amide bonds. The first-order valence-corrected chi connectivity index (χ1v) is 8.07. The van der Waals surface area contributed by atoms with Crippen LogP contribution in [-0.4, -0.2) is 32.1 Å². The lowest BCUT2D eigenvalue weighted by Crippen LogP contribution is -2.44. The molecule has 0 radical (unpaired) electrons. The Labute approximate surface area is 132 Å². The second-order valence-electron chi connectivity index (χ2n) is 6.51. The van der Waals surface area contributed by atoms with Gasteiger partial charge in [0.2, 0.25) is 5.91 Å². The van der Waals surface area contributed by atoms with Crippen LogP contribution in [0, 0.1) is 0 Å². The molecule has 1 atom stereocenters. The fraction of sp³-hybridized carbons (Fsp3) is 0.500. The molecule has 4 nitrogen and oxygen atoms in total. The molecule has 0 bridgehead atoms. The topological polar surface area (TPSA) is 58.4 Å². The zero-order valence-corrected chi connectivity index (χ0v) is 13.7. The Hall–Kier alpha value is -1.81. The highest BCUT2D eigenvalue weighted by Gasteiger charge is 2.28. The second kappa shape index (κ2) is 5.76. The van der Waals surface area contributed by atoms with Crippen molar-refractivity contribution in [3.63, 3.8) is 0 Å². The van der Waals surface area contributed by atoms with Crippen LogP contribution in [0.15, 0.2) is 17.7 Å². The number of nitrogens with one attached hydrogen (secondary N) is 1. The van der Waals surface area contributed by atoms with Crippen molar-refractivity contribution in [2.24, 2.45) is 5.73 Å². The molecule has 22 heavy (non-hydrogen) atoms. The minimum atomic E-state index is -0.322. The number of nitrogens with zero attached hydrogens (tertiary/aromatic N) is 1. The van der Waals surface area contributed by atoms with E-state index in [1.54, 1.807) is 0 Å². The van der Waals surface area contributed by atoms with E-state index >= 15 is 0 Å². The number of rotatable bonds is 3. The van der Waals surface area contributed by atoms with Gasteiger partial charge in [0.05, 0.1) is 0 Å². The summed E-state index contributed by atoms with van der Waals surface area (Å²) in [6.45, 7) is 6.41. The summed E-state index contributed by atoms with van der Waals surface area (Å²) in [5.74, 6) is -0.322. The fourth-order valence-electron chi connectivity index (χ4n) is 3.77. The summed E-state index contributed by atoms with van der Waals surface area (Å²) in [5.41, 5.74) is 12.5. The van der Waals surface area contributed by atoms with Crippen LogP contribution in [0.25, 0.3) is 5.57 Å². The first-order valence-electron chi connectivity index (χ1n) is 8.07. The van der Waals surface area contributed by atoms with Crippen molar-refractivity contribution in [2.45, 2.75) is 39.2 Å². The first kappa shape index (κ1) is 15.1. The molecule has 0 saturated carbocycles. The molecule has 1 heterocycles. The Kier molecular flexibility index (Phi) is 3.96. The lowest BCUT2D eigenvalue weighted by atomic mass is 9.95. The number of anilines is 1. The normalized spacial score (nSPS) is 21.2. The maximum Gasteiger partial charge on any atom is 0.249 e. The molecule has 1 fully saturated rings. The van der Waals surface area contributed by atoms with Gasteiger partial charge < -0.3 is 16.0 Å². The van der Waals surface area contributed by atoms with Gasteiger partial charge in [-0.1, -0.05) is 5.57 Å². The molecule has 1 aromatic carbocycles. The second-order valence-corrected chi connectivity index (χ2v) is 6.51. The fourth-order valence-corrected chi connectivity index (χ4v) is 3.77. The number of hydrogen-bond donors (Lipinski definition) is 2. The van der Waals surface area contributed by atoms with Crippen LogP contribution < -0.4 is 16.0 Å². The summed E-state index contributed by atoms with van der Waals surface area (Å²) in [5, 5.41) is 3.39. The lowest BCUT2D eigenvalue weighted by Gasteiger charge is -2.36. The SMILES string of the molecule is CNC1CCCN(c2ccc(C(N)=O)c3c2C(C)=C(C)C3)C1. The molecular formula is C18H25N3O. The lowest BCUT2D eigenvalue weighted by molar-refractivity contribution is 0.0999. The van der Waals surface area contributed by atoms with Crippen molar-refractivity contribution in [1.29, 1.82) is 0 Å². The molecule has 118 valence electrons. The van der Waals surface area contributed by atoms with E-state index < -0.39 is 0 Å². The summed E-state index contributed by atoms with van der Waals surface area (Å²) in [6.07, 6.45) is 3.26. The van der Waals surface area contributed by atoms with Gasteiger partial charge in [-0.25, -0.2) is 0 Å². The molecule has 1 saturated heterocycles. The highest BCUT2D eigenvalue weighted by molar-refractivity contribution is 5.99. The first-order chi connectivity index (χ1) is 10.5. The Morgan fingerprint density at radius 3 is 2.82 bits per heavy atom. The van der Waals surface area contributed by atoms with Crippen LogP contribution >= 0.6 is 0 Å². The average molecular weight is 299 g/mol. The molecule has 1 aliphatic carbocycles. The molecule has 3 N–H and O–H groups in total. The van der Waals surface area contributed by atoms with Gasteiger partial charge >= 0.3 is 0 Å². The monoisotopic (exact) mass is 299 g/mol. The minimum absolute atomic E-state index is 0.322. The third kappa shape index (κ3) is 2.41. The van der Waals surface area contributed by atoms with E-state index in [4.69, 9.17) is 5.73 Å². The molecule has 1 aromatic rings. The predicted octanol–water partition coefficient (Wildman–Crippen LogP) is 2.32. The van der Waals surface area contributed by atoms with Crippen LogP contribution in [0.2, 0.25) is 0 Å². The van der Waals surface area contributed by atoms with Gasteiger partial charge in [-0.3, -0.25) is 4.79 Å². The summed E-state index contributed by atoms with van der Waals surface area (Å²) in [6, 6.07) is 4.52. The summed E-state index contributed by atoms with van der Waals surface area (Å²) < 4.78 is 0. The van der Waals surface area contributed by atoms with Crippen LogP contribution in [0.4, 0.5) is 5.69 Å². The predicted molar refractivity (Wildman–Crippen MR) is 91.2 cm³/mol. The Morgan fingerprint density at radius 2 is 2.14 bits per heavy atom. The van der Waals surface area contributed by atoms with E-state index in [1.807, 2.05) is 13.1 Å². The van der Waals surface area contributed by atoms with Crippen molar-refractivity contribution in [3.05, 3.63) is 34.4 Å². The number of benzene rings is 1. The Balaban J connectivity index is 2.06. The van der Waals surface area contributed by atoms with Gasteiger partial charge in [0.25, 0.3) is 0 Å². The van der Waals surface area contributed by atoms with Gasteiger partial charge in [-0.05, 0) is 63.4 Å². The molecule has 1 aliphatic heterocycles. The maximum atomic E-state index is 11.7. The standard InChI is InChI=1S/C18H25N3O/c1-11-9-15-14(18(19)22)6-7-16(17(15)12(11)2)21-8-4-5-13(10-21)20-3/h6-7,13,20H,4-5,8-10H2,1-3H3,(H2,19,22). The number of nitrogens with two attached hydrogens (primary N) is 1. The van der Waals surface area contributed by atoms with E-state index in [9.17, 15) is 4.79 Å². The number of carbonyl (C=O) groups is 1. The average Bonchev–Trinajstić information content (AvgIpc) is 2.82. The largest absolute Gasteiger partial charge is 0.369 e. The van der Waals surface area contributed by atoms with Crippen molar-refractivity contribution in [2.75, 3.05) is 25.0 Å². The van der Waals surface area contributed by atoms with Gasteiger partial charge in [0, 0.05) is 35.9 Å². The summed E-state index contributed by atoms with van der Waals surface area (Å²) in [4.78, 5) is 14.2. The van der Waals surface area contributed by atoms with E-state index in [1.165, 1.54) is 35.2 Å². The number of fused-ring (bicyclic) bond motifs is 1. The number of likely N-dealkylation sites (N-methyl/N-ethyl adjacent to an activating group) is 1. The van der Waals surface area contributed by atoms with Crippen LogP contribution in [0.3, 0.4) is 0 Å². The zero-order valence-electron chi connectivity index (χ0n) is 13.7. The Morgan fingerprint density at radius 1 is 1.36 bits per heavy atom. The highest BCUT2D eigenvalue weighted by Crippen LogP contribution is 2.41. The molecule has 3 rings (SSSR count). The van der Waals surface area contributed by atoms with E-state index in [-0.39, 0.29) is 5.91 Å². The minimum Gasteiger partial charge on any atom is -0.369 e. The van der Waals surface area contributed by atoms with Gasteiger partial charge in [0.1, 0.15) is 0 Å². The third-order valence-electron chi connectivity index (χ3n) is 5.18. The molecular weight excluding hydrogens is 274 g/mol. The molecule has 1 unspecified atom stereocenters. The number of piperidine rings is 1. The molecule has 0 aromatic heterocycles. The van der Waals surface area contributed by atoms with Crippen molar-refractivity contribution >= 4 is 17.2 Å². The van der Waals surface area contributed by atoms with E-state index in [0.29, 0.717) is 11.6 Å². The Bertz CT molecular complexity index is 648. The zero-order chi connectivity index (χ0) is 15.9. The maximum absolute atomic E-state index is 11.7. The highest BCUT2D eigenvalue weighted by atomic mass is 16.1. The van der Waals surface area contributed by atoms with Crippen LogP contribution in [0.1, 0.15) is 48.2 Å². The molecule has 4 heteroatoms. The number of allylic oxidation sites excluding steroid dienone is 2. The quantitative estimate of drug-likeness (QED) is 0.900. The number of primary amides is 1. The van der Waals surface area contributed by atoms with E-state index in [2.05, 4.69) is 30.1 Å². The van der Waals surface area contributed by atoms with Crippen molar-refractivity contribution in [3.8, 4) is 0 Å². The smallest absolute Gasteiger partial charge is 0.249 e.